The van der Waals surface area contributed by atoms with E-state index in [1.54, 1.807) is 0 Å². The van der Waals surface area contributed by atoms with E-state index in [0.717, 1.165) is 0 Å². The van der Waals surface area contributed by atoms with E-state index in [1.807, 2.05) is 18.2 Å². The van der Waals surface area contributed by atoms with Gasteiger partial charge in [0.1, 0.15) is 0 Å². The van der Waals surface area contributed by atoms with Crippen LogP contribution < -0.4 is 5.46 Å². The van der Waals surface area contributed by atoms with Crippen LogP contribution in [-0.2, 0) is 4.65 Å². The van der Waals surface area contributed by atoms with Crippen LogP contribution in [0.2, 0.25) is 6.82 Å². The Hall–Kier alpha value is -0.755. The fraction of sp³-hybridized carbons (Fsp3) is 0.455. The van der Waals surface area contributed by atoms with Crippen molar-refractivity contribution in [3.05, 3.63) is 30.3 Å². The van der Waals surface area contributed by atoms with Crippen LogP contribution in [0.4, 0.5) is 0 Å². The van der Waals surface area contributed by atoms with Crippen LogP contribution in [0.3, 0.4) is 0 Å². The second-order valence-corrected chi connectivity index (χ2v) is 4.28. The molecule has 0 amide bonds. The Morgan fingerprint density at radius 3 is 2.08 bits per heavy atom. The Morgan fingerprint density at radius 1 is 1.08 bits per heavy atom. The fourth-order valence-corrected chi connectivity index (χ4v) is 1.32. The molecule has 0 N–H and O–H groups in total. The molecule has 0 aliphatic carbocycles. The minimum absolute atomic E-state index is 0.0741. The second kappa shape index (κ2) is 3.97. The number of rotatable bonds is 2. The molecule has 1 aromatic carbocycles. The topological polar surface area (TPSA) is 9.23 Å². The zero-order valence-electron chi connectivity index (χ0n) is 8.87. The molecule has 13 heavy (non-hydrogen) atoms. The van der Waals surface area contributed by atoms with E-state index in [-0.39, 0.29) is 12.5 Å². The van der Waals surface area contributed by atoms with E-state index in [0.29, 0.717) is 0 Å². The lowest BCUT2D eigenvalue weighted by molar-refractivity contribution is 0.134. The Labute approximate surface area is 81.2 Å². The molecule has 0 atom stereocenters. The highest BCUT2D eigenvalue weighted by Gasteiger charge is 2.19. The summed E-state index contributed by atoms with van der Waals surface area (Å²) < 4.78 is 5.82. The Balaban J connectivity index is 2.64. The van der Waals surface area contributed by atoms with Crippen molar-refractivity contribution < 1.29 is 4.65 Å². The zero-order chi connectivity index (χ0) is 9.90. The lowest BCUT2D eigenvalue weighted by Gasteiger charge is -2.23. The van der Waals surface area contributed by atoms with Crippen molar-refractivity contribution in [1.29, 1.82) is 0 Å². The number of benzene rings is 1. The summed E-state index contributed by atoms with van der Waals surface area (Å²) in [6.45, 7) is 8.48. The highest BCUT2D eigenvalue weighted by Crippen LogP contribution is 2.08. The summed E-state index contributed by atoms with van der Waals surface area (Å²) in [5, 5.41) is 0. The first kappa shape index (κ1) is 10.3. The zero-order valence-corrected chi connectivity index (χ0v) is 8.87. The van der Waals surface area contributed by atoms with E-state index in [4.69, 9.17) is 4.65 Å². The van der Waals surface area contributed by atoms with Crippen molar-refractivity contribution >= 4 is 12.4 Å². The van der Waals surface area contributed by atoms with Crippen molar-refractivity contribution in [1.82, 2.24) is 0 Å². The van der Waals surface area contributed by atoms with Crippen LogP contribution >= 0.6 is 0 Å². The Bertz CT molecular complexity index is 251. The lowest BCUT2D eigenvalue weighted by Crippen LogP contribution is -2.37. The molecule has 1 rings (SSSR count). The summed E-state index contributed by atoms with van der Waals surface area (Å²) in [6, 6.07) is 10.3. The average Bonchev–Trinajstić information content (AvgIpc) is 2.03. The molecule has 0 aliphatic heterocycles. The molecule has 2 heteroatoms. The van der Waals surface area contributed by atoms with E-state index < -0.39 is 0 Å². The van der Waals surface area contributed by atoms with Gasteiger partial charge in [0.25, 0.3) is 0 Å². The van der Waals surface area contributed by atoms with Gasteiger partial charge in [0, 0.05) is 5.60 Å². The summed E-state index contributed by atoms with van der Waals surface area (Å²) in [7, 11) is 0. The summed E-state index contributed by atoms with van der Waals surface area (Å²) >= 11 is 0. The van der Waals surface area contributed by atoms with Gasteiger partial charge < -0.3 is 4.65 Å². The molecule has 0 radical (unpaired) electrons. The molecule has 0 saturated carbocycles. The molecule has 0 aliphatic rings. The van der Waals surface area contributed by atoms with Crippen LogP contribution in [-0.4, -0.2) is 12.5 Å². The third-order valence-corrected chi connectivity index (χ3v) is 1.80. The largest absolute Gasteiger partial charge is 0.427 e. The van der Waals surface area contributed by atoms with Gasteiger partial charge in [0.2, 0.25) is 0 Å². The standard InChI is InChI=1S/C11H17BO/c1-11(2,3)13-12(4)10-8-6-5-7-9-10/h5-9H,1-4H3. The molecule has 0 spiro atoms. The first-order valence-electron chi connectivity index (χ1n) is 4.72. The van der Waals surface area contributed by atoms with Crippen LogP contribution in [0.5, 0.6) is 0 Å². The highest BCUT2D eigenvalue weighted by molar-refractivity contribution is 6.66. The first-order valence-corrected chi connectivity index (χ1v) is 4.72. The maximum atomic E-state index is 5.82. The first-order chi connectivity index (χ1) is 5.99. The van der Waals surface area contributed by atoms with Crippen molar-refractivity contribution in [3.8, 4) is 0 Å². The summed E-state index contributed by atoms with van der Waals surface area (Å²) in [4.78, 5) is 0. The molecule has 0 bridgehead atoms. The highest BCUT2D eigenvalue weighted by atomic mass is 16.5. The fourth-order valence-electron chi connectivity index (χ4n) is 1.32. The van der Waals surface area contributed by atoms with Gasteiger partial charge in [-0.15, -0.1) is 0 Å². The minimum atomic E-state index is -0.0741. The van der Waals surface area contributed by atoms with Gasteiger partial charge in [-0.1, -0.05) is 37.2 Å². The smallest absolute Gasteiger partial charge is 0.324 e. The van der Waals surface area contributed by atoms with E-state index in [2.05, 4.69) is 39.7 Å². The molecule has 1 nitrogen and oxygen atoms in total. The van der Waals surface area contributed by atoms with E-state index >= 15 is 0 Å². The molecule has 0 aromatic heterocycles. The number of hydrogen-bond acceptors (Lipinski definition) is 1. The van der Waals surface area contributed by atoms with Crippen LogP contribution in [0, 0.1) is 0 Å². The Morgan fingerprint density at radius 2 is 1.62 bits per heavy atom. The lowest BCUT2D eigenvalue weighted by atomic mass is 9.63. The van der Waals surface area contributed by atoms with Crippen molar-refractivity contribution in [2.24, 2.45) is 0 Å². The van der Waals surface area contributed by atoms with E-state index in [9.17, 15) is 0 Å². The molecule has 1 aromatic rings. The van der Waals surface area contributed by atoms with Crippen molar-refractivity contribution in [2.75, 3.05) is 0 Å². The summed E-state index contributed by atoms with van der Waals surface area (Å²) in [5.74, 6) is 0. The van der Waals surface area contributed by atoms with Gasteiger partial charge in [-0.2, -0.15) is 0 Å². The monoisotopic (exact) mass is 176 g/mol. The van der Waals surface area contributed by atoms with Crippen molar-refractivity contribution in [2.45, 2.75) is 33.2 Å². The molecule has 0 fully saturated rings. The quantitative estimate of drug-likeness (QED) is 0.628. The van der Waals surface area contributed by atoms with Crippen molar-refractivity contribution in [3.63, 3.8) is 0 Å². The molecule has 0 unspecified atom stereocenters. The minimum Gasteiger partial charge on any atom is -0.427 e. The normalized spacial score (nSPS) is 11.4. The molecule has 70 valence electrons. The third-order valence-electron chi connectivity index (χ3n) is 1.80. The van der Waals surface area contributed by atoms with Crippen LogP contribution in [0.25, 0.3) is 0 Å². The predicted octanol–water partition coefficient (Wildman–Crippen LogP) is 2.33. The molecular weight excluding hydrogens is 159 g/mol. The van der Waals surface area contributed by atoms with Gasteiger partial charge in [0.15, 0.2) is 0 Å². The van der Waals surface area contributed by atoms with Crippen LogP contribution in [0.1, 0.15) is 20.8 Å². The van der Waals surface area contributed by atoms with E-state index in [1.165, 1.54) is 5.46 Å². The predicted molar refractivity (Wildman–Crippen MR) is 58.5 cm³/mol. The molecular formula is C11H17BO. The molecule has 0 saturated heterocycles. The second-order valence-electron chi connectivity index (χ2n) is 4.28. The Kier molecular flexibility index (Phi) is 3.15. The average molecular weight is 176 g/mol. The van der Waals surface area contributed by atoms with Gasteiger partial charge in [-0.05, 0) is 26.2 Å². The molecule has 0 heterocycles. The summed E-state index contributed by atoms with van der Waals surface area (Å²) in [5.41, 5.74) is 1.16. The van der Waals surface area contributed by atoms with Gasteiger partial charge in [0.05, 0.1) is 0 Å². The van der Waals surface area contributed by atoms with Gasteiger partial charge in [-0.25, -0.2) is 0 Å². The maximum absolute atomic E-state index is 5.82. The summed E-state index contributed by atoms with van der Waals surface area (Å²) in [6.07, 6.45) is 0. The van der Waals surface area contributed by atoms with Gasteiger partial charge >= 0.3 is 6.92 Å². The van der Waals surface area contributed by atoms with Crippen LogP contribution in [0.15, 0.2) is 30.3 Å². The van der Waals surface area contributed by atoms with Gasteiger partial charge in [-0.3, -0.25) is 0 Å². The number of hydrogen-bond donors (Lipinski definition) is 0. The maximum Gasteiger partial charge on any atom is 0.324 e. The third kappa shape index (κ3) is 3.64. The SMILES string of the molecule is CB(OC(C)(C)C)c1ccccc1.